The molecule has 0 spiro atoms. The van der Waals surface area contributed by atoms with Gasteiger partial charge in [-0.15, -0.1) is 10.2 Å². The second-order valence-electron chi connectivity index (χ2n) is 9.23. The zero-order valence-corrected chi connectivity index (χ0v) is 20.7. The number of oxazole rings is 1. The summed E-state index contributed by atoms with van der Waals surface area (Å²) < 4.78 is 52.4. The van der Waals surface area contributed by atoms with E-state index in [9.17, 15) is 13.6 Å². The highest BCUT2D eigenvalue weighted by Gasteiger charge is 2.20. The molecule has 39 heavy (non-hydrogen) atoms. The zero-order chi connectivity index (χ0) is 27.1. The molecule has 4 aromatic heterocycles. The van der Waals surface area contributed by atoms with Gasteiger partial charge in [0.15, 0.2) is 5.58 Å². The fourth-order valence-electron chi connectivity index (χ4n) is 4.49. The van der Waals surface area contributed by atoms with Crippen LogP contribution in [0.5, 0.6) is 0 Å². The number of benzene rings is 1. The predicted molar refractivity (Wildman–Crippen MR) is 135 cm³/mol. The molecule has 1 fully saturated rings. The van der Waals surface area contributed by atoms with Crippen molar-refractivity contribution in [1.29, 1.82) is 0 Å². The number of hydrogen-bond acceptors (Lipinski definition) is 9. The van der Waals surface area contributed by atoms with Crippen molar-refractivity contribution in [3.05, 3.63) is 76.7 Å². The van der Waals surface area contributed by atoms with Gasteiger partial charge in [-0.05, 0) is 42.9 Å². The van der Waals surface area contributed by atoms with Crippen LogP contribution in [-0.2, 0) is 6.54 Å². The van der Waals surface area contributed by atoms with Gasteiger partial charge >= 0.3 is 12.2 Å². The number of halogens is 3. The van der Waals surface area contributed by atoms with Crippen LogP contribution < -0.4 is 10.7 Å². The number of likely N-dealkylation sites (N-methyl/N-ethyl adjacent to an activating group) is 1. The smallest absolute Gasteiger partial charge is 0.415 e. The lowest BCUT2D eigenvalue weighted by Gasteiger charge is -2.33. The fourth-order valence-corrected chi connectivity index (χ4v) is 4.49. The first-order valence-corrected chi connectivity index (χ1v) is 12.2. The number of alkyl halides is 2. The first-order valence-electron chi connectivity index (χ1n) is 12.2. The van der Waals surface area contributed by atoms with Gasteiger partial charge < -0.3 is 18.6 Å². The maximum Gasteiger partial charge on any atom is 0.420 e. The number of anilines is 1. The van der Waals surface area contributed by atoms with Crippen LogP contribution in [0.4, 0.5) is 19.0 Å². The van der Waals surface area contributed by atoms with Crippen LogP contribution in [0.15, 0.2) is 62.4 Å². The average Bonchev–Trinajstić information content (AvgIpc) is 3.55. The van der Waals surface area contributed by atoms with Gasteiger partial charge in [-0.3, -0.25) is 9.55 Å². The lowest BCUT2D eigenvalue weighted by atomic mass is 10.1. The van der Waals surface area contributed by atoms with Crippen LogP contribution >= 0.6 is 0 Å². The summed E-state index contributed by atoms with van der Waals surface area (Å²) in [4.78, 5) is 25.8. The highest BCUT2D eigenvalue weighted by atomic mass is 19.3. The number of fused-ring (bicyclic) bond motifs is 1. The Labute approximate surface area is 219 Å². The van der Waals surface area contributed by atoms with Crippen molar-refractivity contribution in [2.45, 2.75) is 13.0 Å². The van der Waals surface area contributed by atoms with Crippen LogP contribution in [0.25, 0.3) is 33.7 Å². The number of nitrogens with zero attached hydrogens (tertiary/aromatic N) is 7. The van der Waals surface area contributed by atoms with Crippen LogP contribution in [0.3, 0.4) is 0 Å². The van der Waals surface area contributed by atoms with Crippen molar-refractivity contribution < 1.29 is 22.0 Å². The van der Waals surface area contributed by atoms with Gasteiger partial charge in [0.25, 0.3) is 5.89 Å². The van der Waals surface area contributed by atoms with E-state index in [1.807, 2.05) is 6.07 Å². The summed E-state index contributed by atoms with van der Waals surface area (Å²) in [5.74, 6) is -1.30. The van der Waals surface area contributed by atoms with Gasteiger partial charge in [0.2, 0.25) is 5.89 Å². The SMILES string of the molecule is CN1CCN(c2cc(-c3cc4oc(=O)n(Cc5ccc(-c6nnc(C(F)F)o6)cn5)c4cc3F)ccn2)CC1. The molecule has 5 heterocycles. The number of pyridine rings is 2. The number of aromatic nitrogens is 5. The Bertz CT molecular complexity index is 1690. The molecule has 0 amide bonds. The molecule has 0 saturated carbocycles. The quantitative estimate of drug-likeness (QED) is 0.318. The molecule has 0 aliphatic carbocycles. The summed E-state index contributed by atoms with van der Waals surface area (Å²) in [6.07, 6.45) is 0.135. The molecule has 1 aliphatic heterocycles. The summed E-state index contributed by atoms with van der Waals surface area (Å²) in [6.45, 7) is 3.48. The molecular formula is C26H22F3N7O3. The Morgan fingerprint density at radius 3 is 2.51 bits per heavy atom. The Hall–Kier alpha value is -4.52. The molecule has 0 atom stereocenters. The van der Waals surface area contributed by atoms with Gasteiger partial charge in [0.1, 0.15) is 11.6 Å². The van der Waals surface area contributed by atoms with E-state index in [-0.39, 0.29) is 23.5 Å². The predicted octanol–water partition coefficient (Wildman–Crippen LogP) is 3.98. The highest BCUT2D eigenvalue weighted by molar-refractivity contribution is 5.81. The van der Waals surface area contributed by atoms with Crippen molar-refractivity contribution >= 4 is 16.9 Å². The third-order valence-corrected chi connectivity index (χ3v) is 6.66. The van der Waals surface area contributed by atoms with E-state index < -0.39 is 23.9 Å². The van der Waals surface area contributed by atoms with Gasteiger partial charge in [-0.25, -0.2) is 14.2 Å². The van der Waals surface area contributed by atoms with Gasteiger partial charge in [-0.1, -0.05) is 0 Å². The summed E-state index contributed by atoms with van der Waals surface area (Å²) in [5, 5.41) is 6.88. The molecule has 6 rings (SSSR count). The average molecular weight is 538 g/mol. The summed E-state index contributed by atoms with van der Waals surface area (Å²) >= 11 is 0. The van der Waals surface area contributed by atoms with Crippen molar-refractivity contribution in [3.63, 3.8) is 0 Å². The molecule has 200 valence electrons. The Morgan fingerprint density at radius 1 is 0.974 bits per heavy atom. The molecule has 0 bridgehead atoms. The summed E-state index contributed by atoms with van der Waals surface area (Å²) in [5.41, 5.74) is 2.22. The third kappa shape index (κ3) is 4.88. The molecular weight excluding hydrogens is 515 g/mol. The molecule has 1 saturated heterocycles. The molecule has 5 aromatic rings. The monoisotopic (exact) mass is 537 g/mol. The van der Waals surface area contributed by atoms with E-state index in [0.29, 0.717) is 22.4 Å². The minimum absolute atomic E-state index is 0.000170. The zero-order valence-electron chi connectivity index (χ0n) is 20.7. The van der Waals surface area contributed by atoms with Crippen LogP contribution in [-0.4, -0.2) is 62.9 Å². The van der Waals surface area contributed by atoms with Gasteiger partial charge in [0, 0.05) is 50.2 Å². The molecule has 0 N–H and O–H groups in total. The molecule has 1 aliphatic rings. The van der Waals surface area contributed by atoms with Gasteiger partial charge in [-0.2, -0.15) is 8.78 Å². The molecule has 1 aromatic carbocycles. The Kier molecular flexibility index (Phi) is 6.35. The van der Waals surface area contributed by atoms with E-state index in [1.54, 1.807) is 24.4 Å². The first kappa shape index (κ1) is 24.8. The highest BCUT2D eigenvalue weighted by Crippen LogP contribution is 2.30. The van der Waals surface area contributed by atoms with E-state index in [1.165, 1.54) is 22.9 Å². The van der Waals surface area contributed by atoms with E-state index in [0.717, 1.165) is 32.0 Å². The van der Waals surface area contributed by atoms with Gasteiger partial charge in [0.05, 0.1) is 23.3 Å². The van der Waals surface area contributed by atoms with E-state index in [2.05, 4.69) is 37.0 Å². The molecule has 10 nitrogen and oxygen atoms in total. The Morgan fingerprint density at radius 2 is 1.79 bits per heavy atom. The third-order valence-electron chi connectivity index (χ3n) is 6.66. The van der Waals surface area contributed by atoms with Crippen LogP contribution in [0.2, 0.25) is 0 Å². The van der Waals surface area contributed by atoms with Crippen molar-refractivity contribution in [3.8, 4) is 22.6 Å². The second kappa shape index (κ2) is 9.98. The maximum atomic E-state index is 15.4. The topological polar surface area (TPSA) is 106 Å². The number of piperazine rings is 1. The minimum Gasteiger partial charge on any atom is -0.415 e. The maximum absolute atomic E-state index is 15.4. The minimum atomic E-state index is -2.88. The number of hydrogen-bond donors (Lipinski definition) is 0. The van der Waals surface area contributed by atoms with Crippen molar-refractivity contribution in [2.75, 3.05) is 38.1 Å². The lowest BCUT2D eigenvalue weighted by molar-refractivity contribution is 0.116. The molecule has 13 heteroatoms. The summed E-state index contributed by atoms with van der Waals surface area (Å²) in [7, 11) is 2.07. The standard InChI is InChI=1S/C26H22F3N7O3/c1-34-6-8-35(9-7-34)22-10-15(4-5-30-22)18-11-21-20(12-19(18)27)36(26(37)38-21)14-17-3-2-16(13-31-17)24-32-33-25(39-24)23(28)29/h2-5,10-13,23H,6-9,14H2,1H3. The molecule has 0 radical (unpaired) electrons. The van der Waals surface area contributed by atoms with Crippen LogP contribution in [0.1, 0.15) is 18.0 Å². The van der Waals surface area contributed by atoms with E-state index >= 15 is 4.39 Å². The Balaban J connectivity index is 1.26. The lowest BCUT2D eigenvalue weighted by Crippen LogP contribution is -2.44. The largest absolute Gasteiger partial charge is 0.420 e. The van der Waals surface area contributed by atoms with E-state index in [4.69, 9.17) is 8.83 Å². The molecule has 0 unspecified atom stereocenters. The normalized spacial score (nSPS) is 14.5. The van der Waals surface area contributed by atoms with Crippen LogP contribution in [0, 0.1) is 5.82 Å². The number of rotatable bonds is 6. The fraction of sp³-hybridized carbons (Fsp3) is 0.269. The second-order valence-corrected chi connectivity index (χ2v) is 9.23. The van der Waals surface area contributed by atoms with Crippen molar-refractivity contribution in [1.82, 2.24) is 29.6 Å². The van der Waals surface area contributed by atoms with Crippen molar-refractivity contribution in [2.24, 2.45) is 0 Å². The summed E-state index contributed by atoms with van der Waals surface area (Å²) in [6, 6.07) is 9.47. The first-order chi connectivity index (χ1) is 18.9.